The summed E-state index contributed by atoms with van der Waals surface area (Å²) in [6.45, 7) is 14.7. The van der Waals surface area contributed by atoms with Gasteiger partial charge in [-0.3, -0.25) is 0 Å². The molecule has 102 valence electrons. The highest BCUT2D eigenvalue weighted by Crippen LogP contribution is 2.28. The lowest BCUT2D eigenvalue weighted by Crippen LogP contribution is -2.31. The Hall–Kier alpha value is -0.830. The molecular weight excluding hydrogens is 246 g/mol. The summed E-state index contributed by atoms with van der Waals surface area (Å²) in [5, 5.41) is 3.99. The third-order valence-electron chi connectivity index (χ3n) is 3.10. The first-order valence-corrected chi connectivity index (χ1v) is 6.77. The van der Waals surface area contributed by atoms with E-state index in [2.05, 4.69) is 56.8 Å². The van der Waals surface area contributed by atoms with E-state index in [9.17, 15) is 0 Å². The minimum Gasteiger partial charge on any atom is -0.365 e. The van der Waals surface area contributed by atoms with E-state index in [-0.39, 0.29) is 11.0 Å². The van der Waals surface area contributed by atoms with Crippen molar-refractivity contribution >= 4 is 17.4 Å². The molecule has 0 spiro atoms. The van der Waals surface area contributed by atoms with Gasteiger partial charge >= 0.3 is 0 Å². The van der Waals surface area contributed by atoms with E-state index in [0.717, 1.165) is 23.6 Å². The van der Waals surface area contributed by atoms with Crippen LogP contribution in [0.4, 0.5) is 5.82 Å². The van der Waals surface area contributed by atoms with E-state index in [1.54, 1.807) is 0 Å². The number of rotatable bonds is 3. The topological polar surface area (TPSA) is 37.8 Å². The monoisotopic (exact) mass is 269 g/mol. The van der Waals surface area contributed by atoms with Crippen molar-refractivity contribution in [3.05, 3.63) is 16.5 Å². The molecule has 1 N–H and O–H groups in total. The second-order valence-electron chi connectivity index (χ2n) is 6.42. The third kappa shape index (κ3) is 3.58. The van der Waals surface area contributed by atoms with E-state index >= 15 is 0 Å². The first-order chi connectivity index (χ1) is 8.07. The number of nitrogens with one attached hydrogen (secondary N) is 1. The minimum atomic E-state index is -0.107. The Labute approximate surface area is 115 Å². The largest absolute Gasteiger partial charge is 0.365 e. The van der Waals surface area contributed by atoms with Gasteiger partial charge in [0.05, 0.1) is 0 Å². The van der Waals surface area contributed by atoms with Crippen molar-refractivity contribution in [3.63, 3.8) is 0 Å². The van der Waals surface area contributed by atoms with Crippen molar-refractivity contribution in [2.24, 2.45) is 0 Å². The summed E-state index contributed by atoms with van der Waals surface area (Å²) in [7, 11) is 0. The summed E-state index contributed by atoms with van der Waals surface area (Å²) in [6, 6.07) is 0. The molecule has 0 amide bonds. The molecule has 1 aromatic rings. The van der Waals surface area contributed by atoms with Crippen LogP contribution in [0.25, 0.3) is 0 Å². The lowest BCUT2D eigenvalue weighted by Gasteiger charge is -2.27. The Morgan fingerprint density at radius 3 is 2.11 bits per heavy atom. The predicted molar refractivity (Wildman–Crippen MR) is 78.5 cm³/mol. The fourth-order valence-corrected chi connectivity index (χ4v) is 1.52. The summed E-state index contributed by atoms with van der Waals surface area (Å²) in [5.74, 6) is 1.61. The SMILES string of the molecule is CCC(C)(C)Nc1nc(C(C)(C)C)nc(Cl)c1C. The van der Waals surface area contributed by atoms with Gasteiger partial charge in [0.1, 0.15) is 16.8 Å². The van der Waals surface area contributed by atoms with Gasteiger partial charge in [0, 0.05) is 16.5 Å². The van der Waals surface area contributed by atoms with Gasteiger partial charge in [-0.15, -0.1) is 0 Å². The average Bonchev–Trinajstić information content (AvgIpc) is 2.22. The fourth-order valence-electron chi connectivity index (χ4n) is 1.36. The van der Waals surface area contributed by atoms with Crippen LogP contribution in [0.2, 0.25) is 5.15 Å². The molecule has 1 rings (SSSR count). The molecule has 0 aliphatic carbocycles. The maximum Gasteiger partial charge on any atom is 0.137 e. The number of halogens is 1. The van der Waals surface area contributed by atoms with Crippen LogP contribution in [0, 0.1) is 6.92 Å². The lowest BCUT2D eigenvalue weighted by atomic mass is 9.95. The Kier molecular flexibility index (Phi) is 4.26. The summed E-state index contributed by atoms with van der Waals surface area (Å²) < 4.78 is 0. The molecule has 0 bridgehead atoms. The number of nitrogens with zero attached hydrogens (tertiary/aromatic N) is 2. The molecular formula is C14H24ClN3. The zero-order valence-corrected chi connectivity index (χ0v) is 13.2. The highest BCUT2D eigenvalue weighted by molar-refractivity contribution is 6.30. The molecule has 0 aliphatic rings. The molecule has 0 saturated carbocycles. The molecule has 0 aliphatic heterocycles. The molecule has 0 aromatic carbocycles. The molecule has 1 aromatic heterocycles. The zero-order valence-electron chi connectivity index (χ0n) is 12.5. The molecule has 1 heterocycles. The molecule has 0 fully saturated rings. The minimum absolute atomic E-state index is 0.00238. The maximum absolute atomic E-state index is 6.21. The molecule has 18 heavy (non-hydrogen) atoms. The lowest BCUT2D eigenvalue weighted by molar-refractivity contribution is 0.529. The van der Waals surface area contributed by atoms with Gasteiger partial charge in [-0.1, -0.05) is 39.3 Å². The summed E-state index contributed by atoms with van der Waals surface area (Å²) in [5.41, 5.74) is 0.799. The third-order valence-corrected chi connectivity index (χ3v) is 3.47. The van der Waals surface area contributed by atoms with Gasteiger partial charge in [-0.25, -0.2) is 9.97 Å². The highest BCUT2D eigenvalue weighted by Gasteiger charge is 2.23. The summed E-state index contributed by atoms with van der Waals surface area (Å²) >= 11 is 6.21. The maximum atomic E-state index is 6.21. The predicted octanol–water partition coefficient (Wildman–Crippen LogP) is 4.34. The van der Waals surface area contributed by atoms with Gasteiger partial charge in [-0.2, -0.15) is 0 Å². The number of aromatic nitrogens is 2. The van der Waals surface area contributed by atoms with Crippen molar-refractivity contribution < 1.29 is 0 Å². The second-order valence-corrected chi connectivity index (χ2v) is 6.78. The number of anilines is 1. The zero-order chi connectivity index (χ0) is 14.1. The summed E-state index contributed by atoms with van der Waals surface area (Å²) in [6.07, 6.45) is 1.01. The smallest absolute Gasteiger partial charge is 0.137 e. The number of hydrogen-bond donors (Lipinski definition) is 1. The van der Waals surface area contributed by atoms with Gasteiger partial charge < -0.3 is 5.32 Å². The van der Waals surface area contributed by atoms with Crippen LogP contribution < -0.4 is 5.32 Å². The van der Waals surface area contributed by atoms with Crippen molar-refractivity contribution in [2.75, 3.05) is 5.32 Å². The first kappa shape index (κ1) is 15.2. The van der Waals surface area contributed by atoms with E-state index in [1.165, 1.54) is 0 Å². The van der Waals surface area contributed by atoms with E-state index in [1.807, 2.05) is 6.92 Å². The summed E-state index contributed by atoms with van der Waals surface area (Å²) in [4.78, 5) is 9.01. The van der Waals surface area contributed by atoms with Gasteiger partial charge in [0.25, 0.3) is 0 Å². The van der Waals surface area contributed by atoms with E-state index < -0.39 is 0 Å². The van der Waals surface area contributed by atoms with Crippen LogP contribution in [0.3, 0.4) is 0 Å². The van der Waals surface area contributed by atoms with Gasteiger partial charge in [0.15, 0.2) is 0 Å². The normalized spacial score (nSPS) is 12.7. The Morgan fingerprint density at radius 2 is 1.67 bits per heavy atom. The van der Waals surface area contributed by atoms with Crippen molar-refractivity contribution in [1.29, 1.82) is 0 Å². The Morgan fingerprint density at radius 1 is 1.11 bits per heavy atom. The van der Waals surface area contributed by atoms with Crippen LogP contribution in [0.5, 0.6) is 0 Å². The molecule has 3 nitrogen and oxygen atoms in total. The molecule has 0 saturated heterocycles. The second kappa shape index (κ2) is 5.04. The van der Waals surface area contributed by atoms with Gasteiger partial charge in [-0.05, 0) is 27.2 Å². The quantitative estimate of drug-likeness (QED) is 0.830. The van der Waals surface area contributed by atoms with Crippen molar-refractivity contribution in [1.82, 2.24) is 9.97 Å². The van der Waals surface area contributed by atoms with E-state index in [4.69, 9.17) is 11.6 Å². The Balaban J connectivity index is 3.23. The van der Waals surface area contributed by atoms with Crippen molar-refractivity contribution in [2.45, 2.75) is 65.8 Å². The van der Waals surface area contributed by atoms with Gasteiger partial charge in [0.2, 0.25) is 0 Å². The highest BCUT2D eigenvalue weighted by atomic mass is 35.5. The van der Waals surface area contributed by atoms with Crippen LogP contribution in [0.15, 0.2) is 0 Å². The number of hydrogen-bond acceptors (Lipinski definition) is 3. The van der Waals surface area contributed by atoms with Crippen LogP contribution >= 0.6 is 11.6 Å². The fraction of sp³-hybridized carbons (Fsp3) is 0.714. The van der Waals surface area contributed by atoms with Crippen LogP contribution in [0.1, 0.15) is 59.4 Å². The molecule has 0 atom stereocenters. The van der Waals surface area contributed by atoms with Crippen LogP contribution in [-0.4, -0.2) is 15.5 Å². The Bertz CT molecular complexity index is 433. The molecule has 0 radical (unpaired) electrons. The first-order valence-electron chi connectivity index (χ1n) is 6.39. The van der Waals surface area contributed by atoms with Crippen molar-refractivity contribution in [3.8, 4) is 0 Å². The molecule has 4 heteroatoms. The van der Waals surface area contributed by atoms with Crippen LogP contribution in [-0.2, 0) is 5.41 Å². The van der Waals surface area contributed by atoms with E-state index in [0.29, 0.717) is 5.15 Å². The molecule has 0 unspecified atom stereocenters. The standard InChI is InChI=1S/C14H24ClN3/c1-8-14(6,7)18-11-9(2)10(15)16-12(17-11)13(3,4)5/h8H2,1-7H3,(H,16,17,18). The average molecular weight is 270 g/mol.